The number of hydrogen-bond acceptors (Lipinski definition) is 2. The number of carbonyl (C=O) groups is 1. The number of urea groups is 1. The van der Waals surface area contributed by atoms with E-state index in [2.05, 4.69) is 66.6 Å². The number of aromatic amines is 1. The summed E-state index contributed by atoms with van der Waals surface area (Å²) in [5.74, 6) is 0.385. The number of fused-ring (bicyclic) bond motifs is 1. The molecule has 2 aromatic carbocycles. The average Bonchev–Trinajstić information content (AvgIpc) is 3.26. The molecule has 33 heavy (non-hydrogen) atoms. The first kappa shape index (κ1) is 23.0. The fraction of sp³-hybridized carbons (Fsp3) is 0.393. The number of benzene rings is 2. The highest BCUT2D eigenvalue weighted by Gasteiger charge is 2.21. The predicted molar refractivity (Wildman–Crippen MR) is 139 cm³/mol. The van der Waals surface area contributed by atoms with Crippen LogP contribution in [0.25, 0.3) is 10.9 Å². The van der Waals surface area contributed by atoms with E-state index in [1.165, 1.54) is 23.8 Å². The van der Waals surface area contributed by atoms with E-state index >= 15 is 0 Å². The van der Waals surface area contributed by atoms with Crippen LogP contribution in [0.15, 0.2) is 67.0 Å². The molecule has 174 valence electrons. The van der Waals surface area contributed by atoms with Crippen molar-refractivity contribution in [2.75, 3.05) is 23.3 Å². The second-order valence-corrected chi connectivity index (χ2v) is 9.03. The molecule has 2 atom stereocenters. The van der Waals surface area contributed by atoms with Crippen LogP contribution in [0.1, 0.15) is 57.9 Å². The topological polar surface area (TPSA) is 51.4 Å². The number of anilines is 2. The molecule has 0 saturated heterocycles. The van der Waals surface area contributed by atoms with E-state index in [1.54, 1.807) is 4.90 Å². The third kappa shape index (κ3) is 5.24. The quantitative estimate of drug-likeness (QED) is 0.389. The van der Waals surface area contributed by atoms with Crippen LogP contribution in [-0.2, 0) is 0 Å². The molecule has 5 nitrogen and oxygen atoms in total. The molecule has 5 heteroatoms. The number of hydrogen-bond donors (Lipinski definition) is 2. The number of nitrogens with zero attached hydrogens (tertiary/aromatic N) is 2. The molecule has 3 aromatic rings. The van der Waals surface area contributed by atoms with Gasteiger partial charge in [0.05, 0.1) is 0 Å². The van der Waals surface area contributed by atoms with Gasteiger partial charge in [0.1, 0.15) is 0 Å². The summed E-state index contributed by atoms with van der Waals surface area (Å²) in [4.78, 5) is 20.8. The number of nitrogens with one attached hydrogen (secondary N) is 2. The van der Waals surface area contributed by atoms with Gasteiger partial charge in [-0.25, -0.2) is 4.79 Å². The smallest absolute Gasteiger partial charge is 0.326 e. The van der Waals surface area contributed by atoms with Crippen LogP contribution >= 0.6 is 0 Å². The van der Waals surface area contributed by atoms with Gasteiger partial charge >= 0.3 is 6.03 Å². The Balaban J connectivity index is 1.52. The number of carbonyl (C=O) groups excluding carboxylic acids is 1. The lowest BCUT2D eigenvalue weighted by Gasteiger charge is -2.32. The second-order valence-electron chi connectivity index (χ2n) is 9.03. The van der Waals surface area contributed by atoms with Crippen molar-refractivity contribution < 1.29 is 4.79 Å². The molecule has 0 fully saturated rings. The minimum absolute atomic E-state index is 0.0994. The third-order valence-electron chi connectivity index (χ3n) is 6.61. The SMILES string of the molecule is CCCC(C)N1C=CC(c2c[nH]c3ccc(NC(=O)N(CCC)c4ccccc4)cc23)CC1. The monoisotopic (exact) mass is 444 g/mol. The van der Waals surface area contributed by atoms with Gasteiger partial charge in [0, 0.05) is 53.5 Å². The molecule has 0 spiro atoms. The number of amides is 2. The van der Waals surface area contributed by atoms with Crippen LogP contribution in [0.5, 0.6) is 0 Å². The number of aromatic nitrogens is 1. The molecular weight excluding hydrogens is 408 g/mol. The number of H-pyrrole nitrogens is 1. The van der Waals surface area contributed by atoms with Crippen molar-refractivity contribution in [2.24, 2.45) is 0 Å². The first-order chi connectivity index (χ1) is 16.1. The third-order valence-corrected chi connectivity index (χ3v) is 6.61. The Morgan fingerprint density at radius 1 is 1.18 bits per heavy atom. The van der Waals surface area contributed by atoms with Gasteiger partial charge in [-0.1, -0.05) is 44.5 Å². The van der Waals surface area contributed by atoms with Crippen molar-refractivity contribution in [2.45, 2.75) is 58.4 Å². The van der Waals surface area contributed by atoms with Gasteiger partial charge < -0.3 is 15.2 Å². The van der Waals surface area contributed by atoms with Gasteiger partial charge in [0.25, 0.3) is 0 Å². The minimum Gasteiger partial charge on any atom is -0.375 e. The van der Waals surface area contributed by atoms with Crippen LogP contribution < -0.4 is 10.2 Å². The van der Waals surface area contributed by atoms with E-state index in [9.17, 15) is 4.79 Å². The Morgan fingerprint density at radius 3 is 2.70 bits per heavy atom. The van der Waals surface area contributed by atoms with Crippen LogP contribution in [0, 0.1) is 0 Å². The highest BCUT2D eigenvalue weighted by molar-refractivity contribution is 6.03. The summed E-state index contributed by atoms with van der Waals surface area (Å²) in [5.41, 5.74) is 4.14. The van der Waals surface area contributed by atoms with E-state index in [4.69, 9.17) is 0 Å². The standard InChI is InChI=1S/C28H36N4O/c1-4-9-21(3)31-17-14-22(15-18-31)26-20-29-27-13-12-23(19-25(26)27)30-28(33)32(16-5-2)24-10-7-6-8-11-24/h6-8,10-14,17,19-22,29H,4-5,9,15-16,18H2,1-3H3,(H,30,33). The molecule has 2 N–H and O–H groups in total. The number of para-hydroxylation sites is 1. The summed E-state index contributed by atoms with van der Waals surface area (Å²) in [6.45, 7) is 8.40. The normalized spacial score (nSPS) is 16.7. The van der Waals surface area contributed by atoms with Crippen LogP contribution in [-0.4, -0.2) is 35.0 Å². The Labute approximate surface area is 197 Å². The van der Waals surface area contributed by atoms with Crippen molar-refractivity contribution in [3.63, 3.8) is 0 Å². The molecule has 1 aliphatic heterocycles. The summed E-state index contributed by atoms with van der Waals surface area (Å²) in [7, 11) is 0. The zero-order valence-electron chi connectivity index (χ0n) is 20.1. The van der Waals surface area contributed by atoms with Gasteiger partial charge in [-0.15, -0.1) is 0 Å². The molecular formula is C28H36N4O. The fourth-order valence-corrected chi connectivity index (χ4v) is 4.78. The maximum atomic E-state index is 13.1. The van der Waals surface area contributed by atoms with Crippen molar-refractivity contribution in [3.05, 3.63) is 72.6 Å². The molecule has 2 amide bonds. The number of rotatable bonds is 8. The Hall–Kier alpha value is -3.21. The molecule has 1 aromatic heterocycles. The van der Waals surface area contributed by atoms with Crippen molar-refractivity contribution >= 4 is 28.3 Å². The van der Waals surface area contributed by atoms with Crippen LogP contribution in [0.2, 0.25) is 0 Å². The highest BCUT2D eigenvalue weighted by atomic mass is 16.2. The molecule has 0 bridgehead atoms. The van der Waals surface area contributed by atoms with Crippen LogP contribution in [0.3, 0.4) is 0 Å². The second kappa shape index (κ2) is 10.6. The maximum absolute atomic E-state index is 13.1. The zero-order valence-corrected chi connectivity index (χ0v) is 20.1. The summed E-state index contributed by atoms with van der Waals surface area (Å²) < 4.78 is 0. The van der Waals surface area contributed by atoms with Gasteiger partial charge in [-0.2, -0.15) is 0 Å². The first-order valence-electron chi connectivity index (χ1n) is 12.3. The molecule has 0 saturated carbocycles. The lowest BCUT2D eigenvalue weighted by molar-refractivity contribution is 0.257. The molecule has 2 unspecified atom stereocenters. The molecule has 0 radical (unpaired) electrons. The van der Waals surface area contributed by atoms with E-state index in [1.807, 2.05) is 36.4 Å². The molecule has 1 aliphatic rings. The lowest BCUT2D eigenvalue weighted by atomic mass is 9.92. The highest BCUT2D eigenvalue weighted by Crippen LogP contribution is 2.33. The Morgan fingerprint density at radius 2 is 2.00 bits per heavy atom. The summed E-state index contributed by atoms with van der Waals surface area (Å²) in [6, 6.07) is 16.5. The fourth-order valence-electron chi connectivity index (χ4n) is 4.78. The van der Waals surface area contributed by atoms with E-state index in [0.717, 1.165) is 36.3 Å². The van der Waals surface area contributed by atoms with Crippen LogP contribution in [0.4, 0.5) is 16.2 Å². The summed E-state index contributed by atoms with van der Waals surface area (Å²) >= 11 is 0. The van der Waals surface area contributed by atoms with Crippen molar-refractivity contribution in [1.29, 1.82) is 0 Å². The molecule has 2 heterocycles. The largest absolute Gasteiger partial charge is 0.375 e. The Kier molecular flexibility index (Phi) is 7.38. The van der Waals surface area contributed by atoms with Gasteiger partial charge in [-0.05, 0) is 68.3 Å². The maximum Gasteiger partial charge on any atom is 0.326 e. The van der Waals surface area contributed by atoms with E-state index in [-0.39, 0.29) is 6.03 Å². The predicted octanol–water partition coefficient (Wildman–Crippen LogP) is 7.11. The average molecular weight is 445 g/mol. The molecule has 0 aliphatic carbocycles. The number of allylic oxidation sites excluding steroid dienone is 1. The van der Waals surface area contributed by atoms with Crippen molar-refractivity contribution in [1.82, 2.24) is 9.88 Å². The van der Waals surface area contributed by atoms with Gasteiger partial charge in [0.2, 0.25) is 0 Å². The van der Waals surface area contributed by atoms with Gasteiger partial charge in [0.15, 0.2) is 0 Å². The molecule has 4 rings (SSSR count). The summed E-state index contributed by atoms with van der Waals surface area (Å²) in [6.07, 6.45) is 11.2. The first-order valence-corrected chi connectivity index (χ1v) is 12.3. The van der Waals surface area contributed by atoms with E-state index in [0.29, 0.717) is 18.5 Å². The summed E-state index contributed by atoms with van der Waals surface area (Å²) in [5, 5.41) is 4.30. The zero-order chi connectivity index (χ0) is 23.2. The van der Waals surface area contributed by atoms with Gasteiger partial charge in [-0.3, -0.25) is 4.90 Å². The minimum atomic E-state index is -0.0994. The lowest BCUT2D eigenvalue weighted by Crippen LogP contribution is -2.35. The van der Waals surface area contributed by atoms with E-state index < -0.39 is 0 Å². The Bertz CT molecular complexity index is 1090. The van der Waals surface area contributed by atoms with Crippen molar-refractivity contribution in [3.8, 4) is 0 Å².